The van der Waals surface area contributed by atoms with Gasteiger partial charge in [-0.1, -0.05) is 23.4 Å². The maximum absolute atomic E-state index is 11.9. The lowest BCUT2D eigenvalue weighted by Crippen LogP contribution is -2.23. The van der Waals surface area contributed by atoms with Gasteiger partial charge in [0.25, 0.3) is 0 Å². The Hall–Kier alpha value is 0.157. The first-order valence-electron chi connectivity index (χ1n) is 6.88. The maximum atomic E-state index is 11.9. The summed E-state index contributed by atoms with van der Waals surface area (Å²) in [5.41, 5.74) is 1.15. The van der Waals surface area contributed by atoms with Crippen molar-refractivity contribution in [2.75, 3.05) is 0 Å². The van der Waals surface area contributed by atoms with Crippen molar-refractivity contribution in [2.24, 2.45) is 0 Å². The lowest BCUT2D eigenvalue weighted by atomic mass is 10.2. The standard InChI is InChI=1S/C15H18Cl4O2SSi/c1-15(2,3)21-14(20)9-8-13(10-23(17,18)19)22-12-6-4-11(16)5-7-12/h4-7,10H,8-9H2,1-3H3/b13-10-. The third kappa shape index (κ3) is 10.6. The van der Waals surface area contributed by atoms with E-state index in [1.165, 1.54) is 11.8 Å². The van der Waals surface area contributed by atoms with E-state index in [-0.39, 0.29) is 12.4 Å². The summed E-state index contributed by atoms with van der Waals surface area (Å²) in [4.78, 5) is 13.7. The Morgan fingerprint density at radius 2 is 1.74 bits per heavy atom. The Morgan fingerprint density at radius 1 is 1.17 bits per heavy atom. The summed E-state index contributed by atoms with van der Waals surface area (Å²) >= 11 is 25.3. The molecule has 0 atom stereocenters. The zero-order valence-electron chi connectivity index (χ0n) is 13.0. The second kappa shape index (κ2) is 9.02. The zero-order valence-corrected chi connectivity index (χ0v) is 17.9. The maximum Gasteiger partial charge on any atom is 0.366 e. The van der Waals surface area contributed by atoms with Crippen molar-refractivity contribution in [1.29, 1.82) is 0 Å². The molecule has 1 rings (SSSR count). The summed E-state index contributed by atoms with van der Waals surface area (Å²) in [5, 5.41) is 0.657. The molecule has 0 aliphatic carbocycles. The van der Waals surface area contributed by atoms with Crippen LogP contribution >= 0.6 is 56.6 Å². The summed E-state index contributed by atoms with van der Waals surface area (Å²) < 4.78 is 5.30. The van der Waals surface area contributed by atoms with Gasteiger partial charge in [0.2, 0.25) is 0 Å². The van der Waals surface area contributed by atoms with Crippen LogP contribution in [0.25, 0.3) is 0 Å². The van der Waals surface area contributed by atoms with E-state index in [9.17, 15) is 4.79 Å². The number of carbonyl (C=O) groups is 1. The molecule has 128 valence electrons. The van der Waals surface area contributed by atoms with Crippen LogP contribution in [0.4, 0.5) is 0 Å². The number of hydrogen-bond acceptors (Lipinski definition) is 3. The van der Waals surface area contributed by atoms with Crippen molar-refractivity contribution < 1.29 is 9.53 Å². The predicted molar refractivity (Wildman–Crippen MR) is 104 cm³/mol. The van der Waals surface area contributed by atoms with Crippen molar-refractivity contribution in [2.45, 2.75) is 44.1 Å². The van der Waals surface area contributed by atoms with Crippen LogP contribution in [0, 0.1) is 0 Å². The van der Waals surface area contributed by atoms with Crippen LogP contribution in [-0.4, -0.2) is 17.6 Å². The first-order valence-corrected chi connectivity index (χ1v) is 13.2. The molecule has 0 unspecified atom stereocenters. The number of ether oxygens (including phenoxy) is 1. The normalized spacial score (nSPS) is 13.1. The monoisotopic (exact) mass is 430 g/mol. The lowest BCUT2D eigenvalue weighted by molar-refractivity contribution is -0.154. The van der Waals surface area contributed by atoms with Gasteiger partial charge in [-0.2, -0.15) is 0 Å². The van der Waals surface area contributed by atoms with Gasteiger partial charge in [-0.15, -0.1) is 33.2 Å². The number of rotatable bonds is 6. The van der Waals surface area contributed by atoms with Gasteiger partial charge in [-0.05, 0) is 62.1 Å². The van der Waals surface area contributed by atoms with E-state index in [0.29, 0.717) is 11.4 Å². The minimum absolute atomic E-state index is 0.235. The van der Waals surface area contributed by atoms with Crippen molar-refractivity contribution in [3.63, 3.8) is 0 Å². The van der Waals surface area contributed by atoms with Crippen molar-refractivity contribution >= 4 is 68.6 Å². The second-order valence-electron chi connectivity index (χ2n) is 5.79. The Labute approximate surface area is 161 Å². The molecule has 0 N–H and O–H groups in total. The Morgan fingerprint density at radius 3 is 2.22 bits per heavy atom. The molecule has 1 aromatic rings. The Kier molecular flexibility index (Phi) is 8.32. The van der Waals surface area contributed by atoms with Crippen LogP contribution in [0.1, 0.15) is 33.6 Å². The van der Waals surface area contributed by atoms with Gasteiger partial charge in [0.1, 0.15) is 5.60 Å². The highest BCUT2D eigenvalue weighted by Crippen LogP contribution is 2.35. The molecular weight excluding hydrogens is 414 g/mol. The third-order valence-electron chi connectivity index (χ3n) is 2.38. The molecule has 1 aromatic carbocycles. The molecule has 0 saturated carbocycles. The van der Waals surface area contributed by atoms with Crippen molar-refractivity contribution in [3.05, 3.63) is 39.9 Å². The minimum Gasteiger partial charge on any atom is -0.460 e. The van der Waals surface area contributed by atoms with E-state index in [0.717, 1.165) is 9.80 Å². The average molecular weight is 432 g/mol. The van der Waals surface area contributed by atoms with Crippen LogP contribution in [0.15, 0.2) is 39.8 Å². The fraction of sp³-hybridized carbons (Fsp3) is 0.400. The number of hydrogen-bond donors (Lipinski definition) is 0. The number of halogens is 4. The van der Waals surface area contributed by atoms with E-state index in [1.807, 2.05) is 32.9 Å². The van der Waals surface area contributed by atoms with Crippen LogP contribution in [0.2, 0.25) is 5.02 Å². The summed E-state index contributed by atoms with van der Waals surface area (Å²) in [7, 11) is 0. The second-order valence-corrected chi connectivity index (χ2v) is 15.9. The van der Waals surface area contributed by atoms with Gasteiger partial charge in [0.05, 0.1) is 6.42 Å². The molecule has 0 spiro atoms. The van der Waals surface area contributed by atoms with Crippen LogP contribution in [0.3, 0.4) is 0 Å². The summed E-state index contributed by atoms with van der Waals surface area (Å²) in [6.07, 6.45) is 0.696. The molecule has 0 heterocycles. The lowest BCUT2D eigenvalue weighted by Gasteiger charge is -2.19. The third-order valence-corrected chi connectivity index (χ3v) is 5.59. The number of esters is 1. The first-order chi connectivity index (χ1) is 10.4. The number of allylic oxidation sites excluding steroid dienone is 1. The van der Waals surface area contributed by atoms with E-state index < -0.39 is 11.6 Å². The molecule has 0 aromatic heterocycles. The van der Waals surface area contributed by atoms with Gasteiger partial charge in [-0.25, -0.2) is 0 Å². The molecule has 23 heavy (non-hydrogen) atoms. The molecule has 8 heteroatoms. The quantitative estimate of drug-likeness (QED) is 0.218. The fourth-order valence-electron chi connectivity index (χ4n) is 1.61. The number of thioether (sulfide) groups is 1. The van der Waals surface area contributed by atoms with Gasteiger partial charge in [0, 0.05) is 9.92 Å². The van der Waals surface area contributed by atoms with E-state index in [1.54, 1.807) is 17.8 Å². The number of benzene rings is 1. The van der Waals surface area contributed by atoms with Gasteiger partial charge in [-0.3, -0.25) is 4.79 Å². The van der Waals surface area contributed by atoms with E-state index in [2.05, 4.69) is 0 Å². The molecule has 0 fully saturated rings. The fourth-order valence-corrected chi connectivity index (χ4v) is 5.56. The van der Waals surface area contributed by atoms with E-state index >= 15 is 0 Å². The molecule has 0 aliphatic rings. The Bertz CT molecular complexity index is 562. The highest BCUT2D eigenvalue weighted by molar-refractivity contribution is 8.03. The molecule has 0 radical (unpaired) electrons. The summed E-state index contributed by atoms with van der Waals surface area (Å²) in [6.45, 7) is 5.50. The first kappa shape index (κ1) is 21.2. The molecule has 2 nitrogen and oxygen atoms in total. The molecule has 0 amide bonds. The van der Waals surface area contributed by atoms with Crippen LogP contribution in [-0.2, 0) is 9.53 Å². The SMILES string of the molecule is CC(C)(C)OC(=O)CC/C(=C/[Si](Cl)(Cl)Cl)Sc1ccc(Cl)cc1. The summed E-state index contributed by atoms with van der Waals surface area (Å²) in [5.74, 6) is -0.272. The molecule has 0 saturated heterocycles. The van der Waals surface area contributed by atoms with Gasteiger partial charge < -0.3 is 4.74 Å². The van der Waals surface area contributed by atoms with E-state index in [4.69, 9.17) is 49.6 Å². The van der Waals surface area contributed by atoms with Crippen molar-refractivity contribution in [3.8, 4) is 0 Å². The highest BCUT2D eigenvalue weighted by atomic mass is 35.8. The van der Waals surface area contributed by atoms with Crippen LogP contribution < -0.4 is 0 Å². The largest absolute Gasteiger partial charge is 0.460 e. The molecule has 0 bridgehead atoms. The average Bonchev–Trinajstić information content (AvgIpc) is 2.35. The topological polar surface area (TPSA) is 26.3 Å². The summed E-state index contributed by atoms with van der Waals surface area (Å²) in [6, 6.07) is 4.41. The van der Waals surface area contributed by atoms with Gasteiger partial charge in [0.15, 0.2) is 0 Å². The highest BCUT2D eigenvalue weighted by Gasteiger charge is 2.24. The smallest absolute Gasteiger partial charge is 0.366 e. The Balaban J connectivity index is 2.76. The van der Waals surface area contributed by atoms with Crippen LogP contribution in [0.5, 0.6) is 0 Å². The minimum atomic E-state index is -2.95. The van der Waals surface area contributed by atoms with Gasteiger partial charge >= 0.3 is 12.0 Å². The molecule has 0 aliphatic heterocycles. The molecular formula is C15H18Cl4O2SSi. The predicted octanol–water partition coefficient (Wildman–Crippen LogP) is 6.63. The number of carbonyl (C=O) groups excluding carboxylic acids is 1. The van der Waals surface area contributed by atoms with Crippen molar-refractivity contribution in [1.82, 2.24) is 0 Å². The zero-order chi connectivity index (χ0) is 17.7.